The lowest BCUT2D eigenvalue weighted by molar-refractivity contribution is 0.102. The predicted octanol–water partition coefficient (Wildman–Crippen LogP) is 4.19. The van der Waals surface area contributed by atoms with Crippen molar-refractivity contribution in [2.75, 3.05) is 16.0 Å². The maximum atomic E-state index is 13.1. The first-order valence-corrected chi connectivity index (χ1v) is 11.8. The summed E-state index contributed by atoms with van der Waals surface area (Å²) in [4.78, 5) is 25.9. The number of imidazole rings is 1. The fraction of sp³-hybridized carbons (Fsp3) is 0.292. The molecule has 0 unspecified atom stereocenters. The molecule has 1 aliphatic rings. The molecule has 5 rings (SSSR count). The molecule has 35 heavy (non-hydrogen) atoms. The molecule has 0 saturated heterocycles. The first-order chi connectivity index (χ1) is 16.9. The number of hydrogen-bond acceptors (Lipinski definition) is 8. The van der Waals surface area contributed by atoms with Crippen LogP contribution in [0, 0.1) is 6.92 Å². The van der Waals surface area contributed by atoms with Gasteiger partial charge in [-0.05, 0) is 56.4 Å². The van der Waals surface area contributed by atoms with E-state index in [1.807, 2.05) is 25.1 Å². The van der Waals surface area contributed by atoms with Gasteiger partial charge in [-0.25, -0.2) is 19.5 Å². The van der Waals surface area contributed by atoms with Crippen LogP contribution in [0.4, 0.5) is 23.0 Å². The van der Waals surface area contributed by atoms with Crippen molar-refractivity contribution in [3.63, 3.8) is 0 Å². The van der Waals surface area contributed by atoms with Crippen LogP contribution in [-0.2, 0) is 0 Å². The highest BCUT2D eigenvalue weighted by Crippen LogP contribution is 2.27. The van der Waals surface area contributed by atoms with E-state index in [1.165, 1.54) is 16.9 Å². The monoisotopic (exact) mass is 492 g/mol. The van der Waals surface area contributed by atoms with Gasteiger partial charge in [0.15, 0.2) is 11.3 Å². The number of nitrogens with one attached hydrogen (secondary N) is 3. The normalized spacial score (nSPS) is 17.8. The number of hydrogen-bond donors (Lipinski definition) is 4. The fourth-order valence-electron chi connectivity index (χ4n) is 4.07. The maximum absolute atomic E-state index is 13.1. The summed E-state index contributed by atoms with van der Waals surface area (Å²) in [6.07, 6.45) is 7.68. The molecule has 1 amide bonds. The summed E-state index contributed by atoms with van der Waals surface area (Å²) in [5, 5.41) is 24.3. The van der Waals surface area contributed by atoms with E-state index in [4.69, 9.17) is 11.6 Å². The van der Waals surface area contributed by atoms with E-state index in [-0.39, 0.29) is 28.9 Å². The van der Waals surface area contributed by atoms with E-state index in [0.29, 0.717) is 28.7 Å². The molecule has 4 aromatic rings. The largest absolute Gasteiger partial charge is 0.393 e. The number of pyridine rings is 2. The highest BCUT2D eigenvalue weighted by atomic mass is 35.5. The van der Waals surface area contributed by atoms with Gasteiger partial charge in [0.2, 0.25) is 0 Å². The molecule has 4 heterocycles. The SMILES string of the molecule is Cc1ccc(Nc2cc(N[C@H]3CC[C@H](O)CC3)nn3c(C(=O)Nc4ccnc(Cl)c4)cnc23)nc1. The Hall–Kier alpha value is -3.76. The molecular weight excluding hydrogens is 468 g/mol. The van der Waals surface area contributed by atoms with E-state index in [9.17, 15) is 9.90 Å². The van der Waals surface area contributed by atoms with Crippen LogP contribution in [0.1, 0.15) is 41.7 Å². The van der Waals surface area contributed by atoms with Crippen LogP contribution in [-0.4, -0.2) is 47.7 Å². The van der Waals surface area contributed by atoms with Crippen LogP contribution < -0.4 is 16.0 Å². The van der Waals surface area contributed by atoms with E-state index in [0.717, 1.165) is 31.2 Å². The molecule has 0 spiro atoms. The van der Waals surface area contributed by atoms with Crippen molar-refractivity contribution < 1.29 is 9.90 Å². The molecule has 0 bridgehead atoms. The van der Waals surface area contributed by atoms with Gasteiger partial charge in [0.05, 0.1) is 18.0 Å². The average Bonchev–Trinajstić information content (AvgIpc) is 3.26. The van der Waals surface area contributed by atoms with Gasteiger partial charge in [-0.15, -0.1) is 5.10 Å². The Bertz CT molecular complexity index is 1350. The number of aliphatic hydroxyl groups excluding tert-OH is 1. The molecule has 0 aromatic carbocycles. The third-order valence-electron chi connectivity index (χ3n) is 5.91. The van der Waals surface area contributed by atoms with Gasteiger partial charge in [0, 0.05) is 30.2 Å². The third-order valence-corrected chi connectivity index (χ3v) is 6.11. The Kier molecular flexibility index (Phi) is 6.47. The molecule has 0 atom stereocenters. The number of anilines is 4. The van der Waals surface area contributed by atoms with Gasteiger partial charge >= 0.3 is 0 Å². The number of nitrogens with zero attached hydrogens (tertiary/aromatic N) is 5. The van der Waals surface area contributed by atoms with Crippen molar-refractivity contribution in [3.05, 3.63) is 65.3 Å². The summed E-state index contributed by atoms with van der Waals surface area (Å²) >= 11 is 5.95. The van der Waals surface area contributed by atoms with Gasteiger partial charge in [-0.3, -0.25) is 4.79 Å². The van der Waals surface area contributed by atoms with E-state index >= 15 is 0 Å². The van der Waals surface area contributed by atoms with Crippen molar-refractivity contribution >= 4 is 46.2 Å². The van der Waals surface area contributed by atoms with Crippen LogP contribution in [0.15, 0.2) is 48.9 Å². The number of amides is 1. The Morgan fingerprint density at radius 1 is 1.06 bits per heavy atom. The number of aliphatic hydroxyl groups is 1. The second kappa shape index (κ2) is 9.85. The fourth-order valence-corrected chi connectivity index (χ4v) is 4.24. The lowest BCUT2D eigenvalue weighted by Gasteiger charge is -2.26. The number of aryl methyl sites for hydroxylation is 1. The Labute approximate surface area is 206 Å². The van der Waals surface area contributed by atoms with Gasteiger partial charge in [0.1, 0.15) is 16.8 Å². The number of carbonyl (C=O) groups is 1. The minimum absolute atomic E-state index is 0.174. The van der Waals surface area contributed by atoms with Crippen molar-refractivity contribution in [1.82, 2.24) is 24.6 Å². The van der Waals surface area contributed by atoms with Gasteiger partial charge in [0.25, 0.3) is 5.91 Å². The summed E-state index contributed by atoms with van der Waals surface area (Å²) in [5.41, 5.74) is 2.96. The second-order valence-corrected chi connectivity index (χ2v) is 9.03. The van der Waals surface area contributed by atoms with Gasteiger partial charge in [-0.1, -0.05) is 17.7 Å². The molecule has 10 nitrogen and oxygen atoms in total. The van der Waals surface area contributed by atoms with E-state index < -0.39 is 0 Å². The summed E-state index contributed by atoms with van der Waals surface area (Å²) in [6, 6.07) is 9.10. The molecule has 4 N–H and O–H groups in total. The Morgan fingerprint density at radius 2 is 1.89 bits per heavy atom. The number of carbonyl (C=O) groups excluding carboxylic acids is 1. The summed E-state index contributed by atoms with van der Waals surface area (Å²) in [5.74, 6) is 0.855. The lowest BCUT2D eigenvalue weighted by atomic mass is 9.93. The molecule has 1 aliphatic carbocycles. The zero-order valence-corrected chi connectivity index (χ0v) is 19.8. The average molecular weight is 493 g/mol. The summed E-state index contributed by atoms with van der Waals surface area (Å²) in [7, 11) is 0. The summed E-state index contributed by atoms with van der Waals surface area (Å²) in [6.45, 7) is 1.97. The molecular formula is C24H25ClN8O2. The maximum Gasteiger partial charge on any atom is 0.276 e. The number of rotatable bonds is 6. The van der Waals surface area contributed by atoms with Crippen molar-refractivity contribution in [3.8, 4) is 0 Å². The minimum atomic E-state index is -0.385. The van der Waals surface area contributed by atoms with Gasteiger partial charge in [-0.2, -0.15) is 0 Å². The van der Waals surface area contributed by atoms with Crippen LogP contribution >= 0.6 is 11.6 Å². The number of aromatic nitrogens is 5. The van der Waals surface area contributed by atoms with E-state index in [2.05, 4.69) is 36.0 Å². The molecule has 1 fully saturated rings. The smallest absolute Gasteiger partial charge is 0.276 e. The van der Waals surface area contributed by atoms with E-state index in [1.54, 1.807) is 18.3 Å². The topological polar surface area (TPSA) is 129 Å². The van der Waals surface area contributed by atoms with Crippen molar-refractivity contribution in [2.24, 2.45) is 0 Å². The zero-order chi connectivity index (χ0) is 24.4. The van der Waals surface area contributed by atoms with Crippen molar-refractivity contribution in [1.29, 1.82) is 0 Å². The first-order valence-electron chi connectivity index (χ1n) is 11.4. The van der Waals surface area contributed by atoms with Crippen LogP contribution in [0.3, 0.4) is 0 Å². The van der Waals surface area contributed by atoms with Crippen LogP contribution in [0.2, 0.25) is 5.15 Å². The molecule has 1 saturated carbocycles. The minimum Gasteiger partial charge on any atom is -0.393 e. The van der Waals surface area contributed by atoms with Gasteiger partial charge < -0.3 is 21.1 Å². The first kappa shape index (κ1) is 23.0. The molecule has 0 aliphatic heterocycles. The van der Waals surface area contributed by atoms with Crippen LogP contribution in [0.25, 0.3) is 5.65 Å². The molecule has 180 valence electrons. The van der Waals surface area contributed by atoms with Crippen molar-refractivity contribution in [2.45, 2.75) is 44.8 Å². The highest BCUT2D eigenvalue weighted by Gasteiger charge is 2.22. The predicted molar refractivity (Wildman–Crippen MR) is 134 cm³/mol. The third kappa shape index (κ3) is 5.33. The zero-order valence-electron chi connectivity index (χ0n) is 19.1. The molecule has 11 heteroatoms. The number of fused-ring (bicyclic) bond motifs is 1. The molecule has 4 aromatic heterocycles. The molecule has 0 radical (unpaired) electrons. The number of halogens is 1. The summed E-state index contributed by atoms with van der Waals surface area (Å²) < 4.78 is 1.51. The van der Waals surface area contributed by atoms with Crippen LogP contribution in [0.5, 0.6) is 0 Å². The lowest BCUT2D eigenvalue weighted by Crippen LogP contribution is -2.29. The second-order valence-electron chi connectivity index (χ2n) is 8.64. The highest BCUT2D eigenvalue weighted by molar-refractivity contribution is 6.29. The quantitative estimate of drug-likeness (QED) is 0.295. The Balaban J connectivity index is 1.49. The Morgan fingerprint density at radius 3 is 2.63 bits per heavy atom. The standard InChI is InChI=1S/C24H25ClN8O2/c1-14-2-7-21(27-12-14)31-18-11-22(29-15-3-5-17(34)6-4-15)32-33-19(13-28-23(18)33)24(35)30-16-8-9-26-20(25)10-16/h2,7-13,15,17,34H,3-6H2,1H3,(H,27,31)(H,29,32)(H,26,30,35)/t15-,17-.